The Bertz CT molecular complexity index is 728. The van der Waals surface area contributed by atoms with Crippen LogP contribution in [0.2, 0.25) is 0 Å². The average Bonchev–Trinajstić information content (AvgIpc) is 3.25. The van der Waals surface area contributed by atoms with E-state index in [9.17, 15) is 4.79 Å². The zero-order valence-corrected chi connectivity index (χ0v) is 14.1. The van der Waals surface area contributed by atoms with Crippen molar-refractivity contribution in [2.75, 3.05) is 23.3 Å². The molecule has 2 aromatic rings. The average molecular weight is 324 g/mol. The number of aryl methyl sites for hydroxylation is 1. The second-order valence-corrected chi connectivity index (χ2v) is 6.81. The number of rotatable bonds is 4. The van der Waals surface area contributed by atoms with E-state index in [2.05, 4.69) is 51.6 Å². The highest BCUT2D eigenvalue weighted by Crippen LogP contribution is 2.39. The lowest BCUT2D eigenvalue weighted by molar-refractivity contribution is -0.116. The van der Waals surface area contributed by atoms with E-state index in [4.69, 9.17) is 0 Å². The van der Waals surface area contributed by atoms with Crippen molar-refractivity contribution in [2.24, 2.45) is 0 Å². The van der Waals surface area contributed by atoms with Crippen LogP contribution in [-0.4, -0.2) is 29.2 Å². The molecule has 1 aromatic carbocycles. The van der Waals surface area contributed by atoms with Gasteiger partial charge in [0.2, 0.25) is 5.91 Å². The molecule has 0 spiro atoms. The summed E-state index contributed by atoms with van der Waals surface area (Å²) in [5.74, 6) is 0.857. The maximum atomic E-state index is 12.1. The monoisotopic (exact) mass is 324 g/mol. The second kappa shape index (κ2) is 6.30. The number of aromatic amines is 1. The van der Waals surface area contributed by atoms with Crippen LogP contribution in [0.3, 0.4) is 0 Å². The number of carbonyl (C=O) groups excluding carboxylic acids is 1. The standard InChI is InChI=1S/C19H24N4O/c1-2-5-16-18-15(12-17(24)20-19(18)22-21-16)13-6-8-14(9-7-13)23-10-3-4-11-23/h6-9,15H,2-5,10-12H2,1H3,(H2,20,21,22,24). The number of nitrogens with zero attached hydrogens (tertiary/aromatic N) is 2. The molecule has 4 rings (SSSR count). The lowest BCUT2D eigenvalue weighted by Gasteiger charge is -2.24. The summed E-state index contributed by atoms with van der Waals surface area (Å²) in [6.45, 7) is 4.46. The van der Waals surface area contributed by atoms with Crippen molar-refractivity contribution in [1.82, 2.24) is 10.2 Å². The molecule has 0 saturated carbocycles. The molecule has 0 aliphatic carbocycles. The Hall–Kier alpha value is -2.30. The minimum atomic E-state index is 0.0469. The molecular weight excluding hydrogens is 300 g/mol. The minimum absolute atomic E-state index is 0.0469. The predicted molar refractivity (Wildman–Crippen MR) is 95.6 cm³/mol. The van der Waals surface area contributed by atoms with Crippen LogP contribution in [0.25, 0.3) is 0 Å². The van der Waals surface area contributed by atoms with E-state index in [0.717, 1.165) is 31.6 Å². The molecule has 1 fully saturated rings. The Kier molecular flexibility index (Phi) is 4.00. The number of nitrogens with one attached hydrogen (secondary N) is 2. The third-order valence-corrected chi connectivity index (χ3v) is 5.15. The van der Waals surface area contributed by atoms with E-state index in [1.54, 1.807) is 0 Å². The number of amides is 1. The lowest BCUT2D eigenvalue weighted by atomic mass is 9.85. The molecule has 1 atom stereocenters. The van der Waals surface area contributed by atoms with Crippen LogP contribution in [0, 0.1) is 0 Å². The summed E-state index contributed by atoms with van der Waals surface area (Å²) in [7, 11) is 0. The van der Waals surface area contributed by atoms with Crippen LogP contribution in [-0.2, 0) is 11.2 Å². The van der Waals surface area contributed by atoms with E-state index in [1.807, 2.05) is 0 Å². The van der Waals surface area contributed by atoms with Gasteiger partial charge < -0.3 is 10.2 Å². The summed E-state index contributed by atoms with van der Waals surface area (Å²) < 4.78 is 0. The Morgan fingerprint density at radius 3 is 2.67 bits per heavy atom. The molecular formula is C19H24N4O. The maximum absolute atomic E-state index is 12.1. The molecule has 2 aliphatic rings. The fraction of sp³-hybridized carbons (Fsp3) is 0.474. The zero-order chi connectivity index (χ0) is 16.5. The van der Waals surface area contributed by atoms with Gasteiger partial charge in [-0.2, -0.15) is 5.10 Å². The van der Waals surface area contributed by atoms with Crippen molar-refractivity contribution in [2.45, 2.75) is 44.9 Å². The van der Waals surface area contributed by atoms with Crippen molar-refractivity contribution in [3.05, 3.63) is 41.1 Å². The van der Waals surface area contributed by atoms with Gasteiger partial charge in [0.05, 0.1) is 0 Å². The van der Waals surface area contributed by atoms with Gasteiger partial charge in [0, 0.05) is 42.4 Å². The molecule has 126 valence electrons. The maximum Gasteiger partial charge on any atom is 0.226 e. The van der Waals surface area contributed by atoms with Gasteiger partial charge in [-0.1, -0.05) is 25.5 Å². The Morgan fingerprint density at radius 2 is 1.96 bits per heavy atom. The molecule has 1 unspecified atom stereocenters. The van der Waals surface area contributed by atoms with Gasteiger partial charge in [-0.3, -0.25) is 9.89 Å². The molecule has 0 bridgehead atoms. The van der Waals surface area contributed by atoms with Gasteiger partial charge in [0.25, 0.3) is 0 Å². The second-order valence-electron chi connectivity index (χ2n) is 6.81. The molecule has 3 heterocycles. The van der Waals surface area contributed by atoms with Crippen molar-refractivity contribution in [3.63, 3.8) is 0 Å². The highest BCUT2D eigenvalue weighted by molar-refractivity contribution is 5.94. The first-order valence-corrected chi connectivity index (χ1v) is 8.98. The van der Waals surface area contributed by atoms with E-state index >= 15 is 0 Å². The first-order valence-electron chi connectivity index (χ1n) is 8.98. The number of aromatic nitrogens is 2. The summed E-state index contributed by atoms with van der Waals surface area (Å²) in [6, 6.07) is 8.77. The van der Waals surface area contributed by atoms with Crippen LogP contribution >= 0.6 is 0 Å². The quantitative estimate of drug-likeness (QED) is 0.906. The van der Waals surface area contributed by atoms with Crippen molar-refractivity contribution < 1.29 is 4.79 Å². The van der Waals surface area contributed by atoms with Crippen LogP contribution < -0.4 is 10.2 Å². The summed E-state index contributed by atoms with van der Waals surface area (Å²) in [5.41, 5.74) is 4.82. The van der Waals surface area contributed by atoms with Crippen molar-refractivity contribution >= 4 is 17.4 Å². The summed E-state index contributed by atoms with van der Waals surface area (Å²) in [6.07, 6.45) is 5.07. The molecule has 24 heavy (non-hydrogen) atoms. The van der Waals surface area contributed by atoms with Gasteiger partial charge in [-0.05, 0) is 37.0 Å². The van der Waals surface area contributed by atoms with E-state index in [0.29, 0.717) is 12.2 Å². The van der Waals surface area contributed by atoms with E-state index in [-0.39, 0.29) is 11.8 Å². The number of benzene rings is 1. The topological polar surface area (TPSA) is 61.0 Å². The number of hydrogen-bond acceptors (Lipinski definition) is 3. The summed E-state index contributed by atoms with van der Waals surface area (Å²) >= 11 is 0. The first kappa shape index (κ1) is 15.2. The molecule has 0 radical (unpaired) electrons. The van der Waals surface area contributed by atoms with Gasteiger partial charge in [0.1, 0.15) is 0 Å². The summed E-state index contributed by atoms with van der Waals surface area (Å²) in [5, 5.41) is 10.3. The SMILES string of the molecule is CCCc1[nH]nc2c1C(c1ccc(N3CCCC3)cc1)CC(=O)N2. The van der Waals surface area contributed by atoms with E-state index < -0.39 is 0 Å². The fourth-order valence-corrected chi connectivity index (χ4v) is 3.95. The highest BCUT2D eigenvalue weighted by atomic mass is 16.1. The number of carbonyl (C=O) groups is 1. The van der Waals surface area contributed by atoms with Gasteiger partial charge in [0.15, 0.2) is 5.82 Å². The molecule has 2 aliphatic heterocycles. The molecule has 1 aromatic heterocycles. The van der Waals surface area contributed by atoms with Gasteiger partial charge in [-0.25, -0.2) is 0 Å². The molecule has 5 heteroatoms. The molecule has 1 saturated heterocycles. The normalized spacial score (nSPS) is 20.1. The number of anilines is 2. The number of fused-ring (bicyclic) bond motifs is 1. The van der Waals surface area contributed by atoms with Crippen LogP contribution in [0.5, 0.6) is 0 Å². The number of hydrogen-bond donors (Lipinski definition) is 2. The fourth-order valence-electron chi connectivity index (χ4n) is 3.95. The lowest BCUT2D eigenvalue weighted by Crippen LogP contribution is -2.24. The molecule has 1 amide bonds. The third-order valence-electron chi connectivity index (χ3n) is 5.15. The predicted octanol–water partition coefficient (Wildman–Crippen LogP) is 3.44. The molecule has 2 N–H and O–H groups in total. The largest absolute Gasteiger partial charge is 0.372 e. The smallest absolute Gasteiger partial charge is 0.226 e. The Labute approximate surface area is 142 Å². The van der Waals surface area contributed by atoms with Crippen LogP contribution in [0.15, 0.2) is 24.3 Å². The van der Waals surface area contributed by atoms with Gasteiger partial charge >= 0.3 is 0 Å². The summed E-state index contributed by atoms with van der Waals surface area (Å²) in [4.78, 5) is 14.5. The van der Waals surface area contributed by atoms with Crippen LogP contribution in [0.4, 0.5) is 11.5 Å². The van der Waals surface area contributed by atoms with Crippen molar-refractivity contribution in [1.29, 1.82) is 0 Å². The third kappa shape index (κ3) is 2.68. The van der Waals surface area contributed by atoms with Crippen molar-refractivity contribution in [3.8, 4) is 0 Å². The number of H-pyrrole nitrogens is 1. The van der Waals surface area contributed by atoms with Gasteiger partial charge in [-0.15, -0.1) is 0 Å². The van der Waals surface area contributed by atoms with Crippen LogP contribution in [0.1, 0.15) is 55.3 Å². The zero-order valence-electron chi connectivity index (χ0n) is 14.1. The molecule has 5 nitrogen and oxygen atoms in total. The Morgan fingerprint density at radius 1 is 1.21 bits per heavy atom. The van der Waals surface area contributed by atoms with E-state index in [1.165, 1.54) is 29.7 Å². The Balaban J connectivity index is 1.66. The highest BCUT2D eigenvalue weighted by Gasteiger charge is 2.31. The minimum Gasteiger partial charge on any atom is -0.372 e. The first-order chi connectivity index (χ1) is 11.8.